The molecule has 27 heavy (non-hydrogen) atoms. The number of hydrogen-bond donors (Lipinski definition) is 2. The zero-order valence-electron chi connectivity index (χ0n) is 15.1. The Hall–Kier alpha value is -3.26. The summed E-state index contributed by atoms with van der Waals surface area (Å²) in [7, 11) is 0. The van der Waals surface area contributed by atoms with E-state index in [9.17, 15) is 0 Å². The molecule has 2 aliphatic rings. The van der Waals surface area contributed by atoms with Gasteiger partial charge in [-0.15, -0.1) is 0 Å². The smallest absolute Gasteiger partial charge is 0.0673 e. The predicted molar refractivity (Wildman–Crippen MR) is 113 cm³/mol. The van der Waals surface area contributed by atoms with Crippen LogP contribution in [0.1, 0.15) is 34.6 Å². The van der Waals surface area contributed by atoms with Crippen LogP contribution in [0, 0.1) is 0 Å². The third-order valence-electron chi connectivity index (χ3n) is 6.02. The first kappa shape index (κ1) is 16.0. The number of nitrogens with two attached hydrogens (primary N) is 2. The van der Waals surface area contributed by atoms with Crippen LogP contribution >= 0.6 is 0 Å². The average Bonchev–Trinajstić information content (AvgIpc) is 3.01. The molecule has 0 bridgehead atoms. The summed E-state index contributed by atoms with van der Waals surface area (Å²) in [5.74, 6) is 0.404. The lowest BCUT2D eigenvalue weighted by molar-refractivity contribution is 0.693. The minimum absolute atomic E-state index is 0.312. The van der Waals surface area contributed by atoms with Crippen molar-refractivity contribution >= 4 is 11.4 Å². The van der Waals surface area contributed by atoms with E-state index < -0.39 is 0 Å². The minimum atomic E-state index is -0.312. The Morgan fingerprint density at radius 3 is 1.96 bits per heavy atom. The molecule has 132 valence electrons. The van der Waals surface area contributed by atoms with Crippen molar-refractivity contribution in [2.75, 3.05) is 11.5 Å². The van der Waals surface area contributed by atoms with Crippen molar-refractivity contribution in [3.63, 3.8) is 0 Å². The van der Waals surface area contributed by atoms with E-state index in [0.717, 1.165) is 17.8 Å². The summed E-state index contributed by atoms with van der Waals surface area (Å²) >= 11 is 0. The largest absolute Gasteiger partial charge is 0.399 e. The van der Waals surface area contributed by atoms with Gasteiger partial charge in [0.25, 0.3) is 0 Å². The molecule has 2 nitrogen and oxygen atoms in total. The van der Waals surface area contributed by atoms with Gasteiger partial charge in [-0.3, -0.25) is 0 Å². The van der Waals surface area contributed by atoms with Crippen LogP contribution in [0.15, 0.2) is 96.6 Å². The van der Waals surface area contributed by atoms with Crippen molar-refractivity contribution in [3.05, 3.63) is 119 Å². The topological polar surface area (TPSA) is 52.0 Å². The van der Waals surface area contributed by atoms with Gasteiger partial charge < -0.3 is 11.5 Å². The van der Waals surface area contributed by atoms with Gasteiger partial charge in [-0.25, -0.2) is 0 Å². The van der Waals surface area contributed by atoms with E-state index in [4.69, 9.17) is 11.5 Å². The highest BCUT2D eigenvalue weighted by molar-refractivity contribution is 5.70. The zero-order chi connectivity index (χ0) is 18.4. The Balaban J connectivity index is 1.90. The molecule has 0 fully saturated rings. The summed E-state index contributed by atoms with van der Waals surface area (Å²) in [5.41, 5.74) is 20.0. The predicted octanol–water partition coefficient (Wildman–Crippen LogP) is 5.17. The van der Waals surface area contributed by atoms with E-state index in [1.54, 1.807) is 0 Å². The molecule has 0 aliphatic heterocycles. The molecule has 0 spiro atoms. The summed E-state index contributed by atoms with van der Waals surface area (Å²) in [6.45, 7) is 0. The molecule has 3 aromatic carbocycles. The highest BCUT2D eigenvalue weighted by Crippen LogP contribution is 2.59. The van der Waals surface area contributed by atoms with Crippen LogP contribution in [-0.2, 0) is 5.41 Å². The first-order valence-corrected chi connectivity index (χ1v) is 9.40. The maximum atomic E-state index is 6.01. The maximum Gasteiger partial charge on any atom is 0.0673 e. The lowest BCUT2D eigenvalue weighted by atomic mass is 9.66. The number of hydrogen-bond acceptors (Lipinski definition) is 2. The van der Waals surface area contributed by atoms with E-state index in [0.29, 0.717) is 5.92 Å². The van der Waals surface area contributed by atoms with Crippen molar-refractivity contribution in [1.82, 2.24) is 0 Å². The lowest BCUT2D eigenvalue weighted by Gasteiger charge is -2.36. The molecule has 1 unspecified atom stereocenters. The van der Waals surface area contributed by atoms with Crippen molar-refractivity contribution in [2.24, 2.45) is 0 Å². The second kappa shape index (κ2) is 5.88. The molecule has 2 aliphatic carbocycles. The molecule has 4 N–H and O–H groups in total. The Morgan fingerprint density at radius 2 is 1.33 bits per heavy atom. The minimum Gasteiger partial charge on any atom is -0.399 e. The Kier molecular flexibility index (Phi) is 3.48. The second-order valence-corrected chi connectivity index (χ2v) is 7.42. The first-order chi connectivity index (χ1) is 13.2. The zero-order valence-corrected chi connectivity index (χ0v) is 15.1. The van der Waals surface area contributed by atoms with Crippen LogP contribution in [0.25, 0.3) is 0 Å². The Morgan fingerprint density at radius 1 is 0.741 bits per heavy atom. The van der Waals surface area contributed by atoms with Gasteiger partial charge in [0.15, 0.2) is 0 Å². The molecule has 0 aromatic heterocycles. The van der Waals surface area contributed by atoms with Crippen LogP contribution < -0.4 is 11.5 Å². The molecule has 0 amide bonds. The van der Waals surface area contributed by atoms with Crippen LogP contribution in [0.4, 0.5) is 11.4 Å². The summed E-state index contributed by atoms with van der Waals surface area (Å²) in [6.07, 6.45) is 7.81. The van der Waals surface area contributed by atoms with Crippen molar-refractivity contribution in [3.8, 4) is 0 Å². The average molecular weight is 350 g/mol. The molecule has 2 heteroatoms. The van der Waals surface area contributed by atoms with Gasteiger partial charge in [0.2, 0.25) is 0 Å². The monoisotopic (exact) mass is 350 g/mol. The lowest BCUT2D eigenvalue weighted by Crippen LogP contribution is -2.29. The third kappa shape index (κ3) is 2.20. The molecule has 1 atom stereocenters. The van der Waals surface area contributed by atoms with Gasteiger partial charge in [0, 0.05) is 17.3 Å². The van der Waals surface area contributed by atoms with Gasteiger partial charge in [0.05, 0.1) is 5.41 Å². The molecule has 5 rings (SSSR count). The summed E-state index contributed by atoms with van der Waals surface area (Å²) in [5, 5.41) is 0. The Bertz CT molecular complexity index is 1010. The summed E-state index contributed by atoms with van der Waals surface area (Å²) < 4.78 is 0. The summed E-state index contributed by atoms with van der Waals surface area (Å²) in [4.78, 5) is 0. The molecule has 0 heterocycles. The number of fused-ring (bicyclic) bond motifs is 3. The fraction of sp³-hybridized carbons (Fsp3) is 0.120. The van der Waals surface area contributed by atoms with Gasteiger partial charge in [0.1, 0.15) is 0 Å². The number of rotatable bonds is 2. The molecular formula is C25H22N2. The first-order valence-electron chi connectivity index (χ1n) is 9.40. The molecule has 0 radical (unpaired) electrons. The van der Waals surface area contributed by atoms with E-state index in [-0.39, 0.29) is 5.41 Å². The number of benzene rings is 3. The number of nitrogen functional groups attached to an aromatic ring is 2. The van der Waals surface area contributed by atoms with Gasteiger partial charge in [-0.1, -0.05) is 66.8 Å². The highest BCUT2D eigenvalue weighted by atomic mass is 14.6. The van der Waals surface area contributed by atoms with Gasteiger partial charge in [-0.2, -0.15) is 0 Å². The second-order valence-electron chi connectivity index (χ2n) is 7.42. The van der Waals surface area contributed by atoms with Crippen molar-refractivity contribution < 1.29 is 0 Å². The Labute approximate surface area is 159 Å². The number of allylic oxidation sites excluding steroid dienone is 4. The molecule has 0 saturated heterocycles. The SMILES string of the molecule is Nc1ccc(C2(c3ccc(N)cc3)C3=CC=CCC3c3ccccc32)cc1. The third-order valence-corrected chi connectivity index (χ3v) is 6.02. The van der Waals surface area contributed by atoms with Crippen LogP contribution in [0.2, 0.25) is 0 Å². The highest BCUT2D eigenvalue weighted by Gasteiger charge is 2.50. The standard InChI is InChI=1S/C25H22N2/c26-19-13-9-17(10-14-19)25(18-11-15-20(27)16-12-18)23-7-3-1-5-21(23)22-6-2-4-8-24(22)25/h1-5,7-16,22H,6,26-27H2. The van der Waals surface area contributed by atoms with Crippen molar-refractivity contribution in [2.45, 2.75) is 17.8 Å². The van der Waals surface area contributed by atoms with Gasteiger partial charge >= 0.3 is 0 Å². The van der Waals surface area contributed by atoms with Crippen LogP contribution in [-0.4, -0.2) is 0 Å². The van der Waals surface area contributed by atoms with Gasteiger partial charge in [-0.05, 0) is 58.5 Å². The van der Waals surface area contributed by atoms with E-state index in [1.165, 1.54) is 27.8 Å². The fourth-order valence-electron chi connectivity index (χ4n) is 4.89. The van der Waals surface area contributed by atoms with Crippen LogP contribution in [0.5, 0.6) is 0 Å². The fourth-order valence-corrected chi connectivity index (χ4v) is 4.89. The van der Waals surface area contributed by atoms with Crippen LogP contribution in [0.3, 0.4) is 0 Å². The molecule has 3 aromatic rings. The summed E-state index contributed by atoms with van der Waals surface area (Å²) in [6, 6.07) is 25.6. The van der Waals surface area contributed by atoms with E-state index in [2.05, 4.69) is 66.8 Å². The normalized spacial score (nSPS) is 19.3. The van der Waals surface area contributed by atoms with Crippen molar-refractivity contribution in [1.29, 1.82) is 0 Å². The van der Waals surface area contributed by atoms with E-state index in [1.807, 2.05) is 24.3 Å². The quantitative estimate of drug-likeness (QED) is 0.627. The number of anilines is 2. The molecule has 0 saturated carbocycles. The maximum absolute atomic E-state index is 6.01. The molecular weight excluding hydrogens is 328 g/mol. The van der Waals surface area contributed by atoms with E-state index >= 15 is 0 Å².